The molecule has 0 saturated carbocycles. The molecule has 0 aliphatic heterocycles. The molecule has 222 valence electrons. The molecule has 7 atom stereocenters. The molecule has 0 radical (unpaired) electrons. The van der Waals surface area contributed by atoms with Gasteiger partial charge in [0, 0.05) is 19.9 Å². The molecule has 0 bridgehead atoms. The third kappa shape index (κ3) is 17.3. The van der Waals surface area contributed by atoms with Gasteiger partial charge in [0.15, 0.2) is 0 Å². The number of aliphatic carboxylic acids is 2. The van der Waals surface area contributed by atoms with E-state index in [0.717, 1.165) is 32.1 Å². The van der Waals surface area contributed by atoms with Gasteiger partial charge in [-0.25, -0.2) is 0 Å². The summed E-state index contributed by atoms with van der Waals surface area (Å²) in [5.74, 6) is -5.17. The fraction of sp³-hybridized carbons (Fsp3) is 0.852. The van der Waals surface area contributed by atoms with Gasteiger partial charge in [-0.15, -0.1) is 0 Å². The van der Waals surface area contributed by atoms with Crippen LogP contribution in [0.25, 0.3) is 0 Å². The molecule has 0 fully saturated rings. The monoisotopic (exact) mass is 547 g/mol. The predicted octanol–water partition coefficient (Wildman–Crippen LogP) is 2.49. The Hall–Kier alpha value is -2.24. The molecule has 0 heterocycles. The van der Waals surface area contributed by atoms with Gasteiger partial charge in [0.25, 0.3) is 0 Å². The van der Waals surface area contributed by atoms with Crippen molar-refractivity contribution >= 4 is 23.8 Å². The van der Waals surface area contributed by atoms with Crippen LogP contribution in [0.5, 0.6) is 0 Å². The topological polar surface area (TPSA) is 191 Å². The first kappa shape index (κ1) is 35.8. The normalized spacial score (nSPS) is 16.9. The van der Waals surface area contributed by atoms with E-state index in [1.54, 1.807) is 0 Å². The third-order valence-corrected chi connectivity index (χ3v) is 6.82. The van der Waals surface area contributed by atoms with Crippen molar-refractivity contribution in [1.29, 1.82) is 0 Å². The summed E-state index contributed by atoms with van der Waals surface area (Å²) in [6, 6.07) is 0. The van der Waals surface area contributed by atoms with Crippen molar-refractivity contribution in [3.63, 3.8) is 0 Å². The molecule has 0 aromatic heterocycles. The lowest BCUT2D eigenvalue weighted by Crippen LogP contribution is -2.38. The summed E-state index contributed by atoms with van der Waals surface area (Å²) in [5.41, 5.74) is 0. The van der Waals surface area contributed by atoms with Gasteiger partial charge in [0.2, 0.25) is 5.91 Å². The van der Waals surface area contributed by atoms with Crippen molar-refractivity contribution < 1.29 is 49.4 Å². The van der Waals surface area contributed by atoms with Gasteiger partial charge in [0.1, 0.15) is 6.10 Å². The second-order valence-corrected chi connectivity index (χ2v) is 10.6. The molecule has 1 unspecified atom stereocenters. The minimum Gasteiger partial charge on any atom is -0.481 e. The maximum atomic E-state index is 12.4. The number of hydrogen-bond acceptors (Lipinski definition) is 8. The van der Waals surface area contributed by atoms with Crippen LogP contribution in [-0.2, 0) is 23.9 Å². The second kappa shape index (κ2) is 19.8. The van der Waals surface area contributed by atoms with Crippen molar-refractivity contribution in [2.24, 2.45) is 17.8 Å². The highest BCUT2D eigenvalue weighted by Gasteiger charge is 2.31. The number of carboxylic acid groups (broad SMARTS) is 2. The quantitative estimate of drug-likeness (QED) is 0.0867. The molecule has 11 heteroatoms. The number of unbranched alkanes of at least 4 members (excludes halogenated alkanes) is 3. The number of hydrogen-bond donors (Lipinski definition) is 6. The number of aliphatic hydroxyl groups is 3. The van der Waals surface area contributed by atoms with Gasteiger partial charge >= 0.3 is 17.9 Å². The van der Waals surface area contributed by atoms with E-state index in [1.165, 1.54) is 6.92 Å². The Balaban J connectivity index is 4.58. The van der Waals surface area contributed by atoms with Gasteiger partial charge in [-0.3, -0.25) is 19.2 Å². The van der Waals surface area contributed by atoms with E-state index in [9.17, 15) is 39.6 Å². The lowest BCUT2D eigenvalue weighted by molar-refractivity contribution is -0.163. The molecule has 0 saturated heterocycles. The van der Waals surface area contributed by atoms with Crippen molar-refractivity contribution in [3.8, 4) is 0 Å². The smallest absolute Gasteiger partial charge is 0.307 e. The van der Waals surface area contributed by atoms with Crippen LogP contribution in [-0.4, -0.2) is 80.3 Å². The van der Waals surface area contributed by atoms with Gasteiger partial charge < -0.3 is 35.6 Å². The average Bonchev–Trinajstić information content (AvgIpc) is 2.82. The number of esters is 1. The summed E-state index contributed by atoms with van der Waals surface area (Å²) in [4.78, 5) is 45.5. The number of carbonyl (C=O) groups excluding carboxylic acids is 2. The molecule has 0 aromatic carbocycles. The van der Waals surface area contributed by atoms with Crippen LogP contribution < -0.4 is 5.32 Å². The lowest BCUT2D eigenvalue weighted by Gasteiger charge is -2.29. The van der Waals surface area contributed by atoms with E-state index in [2.05, 4.69) is 5.32 Å². The van der Waals surface area contributed by atoms with Crippen LogP contribution in [0.1, 0.15) is 98.3 Å². The first-order valence-corrected chi connectivity index (χ1v) is 13.7. The van der Waals surface area contributed by atoms with Crippen LogP contribution >= 0.6 is 0 Å². The summed E-state index contributed by atoms with van der Waals surface area (Å²) in [7, 11) is 0. The molecular weight excluding hydrogens is 498 g/mol. The van der Waals surface area contributed by atoms with Crippen LogP contribution in [0.15, 0.2) is 0 Å². The minimum atomic E-state index is -1.39. The second-order valence-electron chi connectivity index (χ2n) is 10.6. The van der Waals surface area contributed by atoms with Crippen molar-refractivity contribution in [2.75, 3.05) is 6.54 Å². The van der Waals surface area contributed by atoms with Gasteiger partial charge in [-0.1, -0.05) is 59.3 Å². The zero-order valence-corrected chi connectivity index (χ0v) is 23.3. The molecule has 1 amide bonds. The zero-order chi connectivity index (χ0) is 29.3. The first-order valence-electron chi connectivity index (χ1n) is 13.7. The van der Waals surface area contributed by atoms with Gasteiger partial charge in [-0.2, -0.15) is 0 Å². The highest BCUT2D eigenvalue weighted by atomic mass is 16.6. The van der Waals surface area contributed by atoms with E-state index < -0.39 is 61.1 Å². The molecular formula is C27H49NO10. The number of rotatable bonds is 22. The first-order chi connectivity index (χ1) is 17.8. The molecule has 0 aliphatic rings. The fourth-order valence-electron chi connectivity index (χ4n) is 4.26. The molecule has 0 aromatic rings. The minimum absolute atomic E-state index is 0.120. The van der Waals surface area contributed by atoms with Crippen LogP contribution in [0, 0.1) is 17.8 Å². The molecule has 6 N–H and O–H groups in total. The maximum Gasteiger partial charge on any atom is 0.307 e. The Morgan fingerprint density at radius 1 is 0.842 bits per heavy atom. The average molecular weight is 548 g/mol. The Kier molecular flexibility index (Phi) is 18.6. The number of carbonyl (C=O) groups is 4. The molecule has 0 aliphatic carbocycles. The lowest BCUT2D eigenvalue weighted by atomic mass is 9.89. The van der Waals surface area contributed by atoms with Gasteiger partial charge in [-0.05, 0) is 24.7 Å². The van der Waals surface area contributed by atoms with Crippen molar-refractivity contribution in [2.45, 2.75) is 123 Å². The Bertz CT molecular complexity index is 716. The highest BCUT2D eigenvalue weighted by molar-refractivity contribution is 5.82. The third-order valence-electron chi connectivity index (χ3n) is 6.82. The van der Waals surface area contributed by atoms with Crippen LogP contribution in [0.3, 0.4) is 0 Å². The highest BCUT2D eigenvalue weighted by Crippen LogP contribution is 2.24. The zero-order valence-electron chi connectivity index (χ0n) is 23.3. The maximum absolute atomic E-state index is 12.4. The summed E-state index contributed by atoms with van der Waals surface area (Å²) in [6.07, 6.45) is 1.79. The van der Waals surface area contributed by atoms with E-state index in [-0.39, 0.29) is 30.7 Å². The van der Waals surface area contributed by atoms with Crippen LogP contribution in [0.2, 0.25) is 0 Å². The summed E-state index contributed by atoms with van der Waals surface area (Å²) in [6.45, 7) is 7.23. The number of amides is 1. The molecule has 0 rings (SSSR count). The van der Waals surface area contributed by atoms with Crippen molar-refractivity contribution in [1.82, 2.24) is 5.32 Å². The van der Waals surface area contributed by atoms with Crippen LogP contribution in [0.4, 0.5) is 0 Å². The molecule has 38 heavy (non-hydrogen) atoms. The number of aliphatic hydroxyl groups excluding tert-OH is 3. The largest absolute Gasteiger partial charge is 0.481 e. The van der Waals surface area contributed by atoms with E-state index in [0.29, 0.717) is 19.3 Å². The van der Waals surface area contributed by atoms with Gasteiger partial charge in [0.05, 0.1) is 37.1 Å². The Morgan fingerprint density at radius 2 is 1.45 bits per heavy atom. The Morgan fingerprint density at radius 3 is 1.97 bits per heavy atom. The number of carboxylic acids is 2. The summed E-state index contributed by atoms with van der Waals surface area (Å²) in [5, 5.41) is 51.2. The van der Waals surface area contributed by atoms with Crippen molar-refractivity contribution in [3.05, 3.63) is 0 Å². The predicted molar refractivity (Wildman–Crippen MR) is 140 cm³/mol. The van der Waals surface area contributed by atoms with E-state index in [4.69, 9.17) is 9.84 Å². The van der Waals surface area contributed by atoms with E-state index >= 15 is 0 Å². The summed E-state index contributed by atoms with van der Waals surface area (Å²) < 4.78 is 5.48. The SMILES string of the molecule is CC[C@@H](C)[C@@H](O)[C@H](C[C@@H](C)CCCCCC[C@@H](O)C[C@H](O)CNC(C)=O)OC(=O)CC(CC(=O)O)C(=O)O. The molecule has 0 spiro atoms. The van der Waals surface area contributed by atoms with E-state index in [1.807, 2.05) is 20.8 Å². The fourth-order valence-corrected chi connectivity index (χ4v) is 4.26. The number of ether oxygens (including phenoxy) is 1. The standard InChI is InChI=1S/C27H49NO10/c1-5-18(3)26(35)23(38-25(34)14-20(27(36)37)13-24(32)33)12-17(2)10-8-6-7-9-11-21(30)15-22(31)16-28-19(4)29/h17-18,20-23,26,30-31,35H,5-16H2,1-4H3,(H,28,29)(H,32,33)(H,36,37)/t17-,18+,20?,21+,22-,23-,26+/m0/s1. The number of nitrogens with one attached hydrogen (secondary N) is 1. The summed E-state index contributed by atoms with van der Waals surface area (Å²) >= 11 is 0. The molecule has 11 nitrogen and oxygen atoms in total. The Labute approximate surface area is 226 Å².